The lowest BCUT2D eigenvalue weighted by Crippen LogP contribution is -2.10. The molecular weight excluding hydrogens is 306 g/mol. The van der Waals surface area contributed by atoms with Gasteiger partial charge in [-0.05, 0) is 35.7 Å². The molecule has 4 nitrogen and oxygen atoms in total. The molecule has 3 aromatic rings. The number of benzene rings is 1. The van der Waals surface area contributed by atoms with Crippen molar-refractivity contribution in [2.24, 2.45) is 0 Å². The average Bonchev–Trinajstić information content (AvgIpc) is 3.03. The van der Waals surface area contributed by atoms with Gasteiger partial charge in [0.25, 0.3) is 5.91 Å². The van der Waals surface area contributed by atoms with Crippen LogP contribution in [0.15, 0.2) is 54.2 Å². The molecule has 0 unspecified atom stereocenters. The molecule has 104 valence electrons. The lowest BCUT2D eigenvalue weighted by atomic mass is 10.2. The number of halogens is 1. The largest absolute Gasteiger partial charge is 0.319 e. The summed E-state index contributed by atoms with van der Waals surface area (Å²) >= 11 is 7.23. The molecule has 3 rings (SSSR count). The molecule has 6 heteroatoms. The van der Waals surface area contributed by atoms with Gasteiger partial charge in [0.05, 0.1) is 23.0 Å². The molecule has 1 aromatic carbocycles. The van der Waals surface area contributed by atoms with Crippen molar-refractivity contribution in [3.05, 3.63) is 64.1 Å². The Morgan fingerprint density at radius 2 is 1.81 bits per heavy atom. The molecule has 0 aliphatic carbocycles. The molecule has 0 radical (unpaired) electrons. The van der Waals surface area contributed by atoms with E-state index in [1.807, 2.05) is 23.6 Å². The zero-order chi connectivity index (χ0) is 14.7. The van der Waals surface area contributed by atoms with Gasteiger partial charge in [0.15, 0.2) is 5.82 Å². The van der Waals surface area contributed by atoms with Crippen molar-refractivity contribution < 1.29 is 4.79 Å². The summed E-state index contributed by atoms with van der Waals surface area (Å²) in [5, 5.41) is 5.28. The Kier molecular flexibility index (Phi) is 3.94. The Labute approximate surface area is 130 Å². The van der Waals surface area contributed by atoms with E-state index in [-0.39, 0.29) is 5.91 Å². The summed E-state index contributed by atoms with van der Waals surface area (Å²) in [7, 11) is 0. The highest BCUT2D eigenvalue weighted by molar-refractivity contribution is 7.12. The first-order chi connectivity index (χ1) is 10.2. The second kappa shape index (κ2) is 6.03. The van der Waals surface area contributed by atoms with Gasteiger partial charge in [0, 0.05) is 10.6 Å². The summed E-state index contributed by atoms with van der Waals surface area (Å²) in [4.78, 5) is 21.0. The third-order valence-electron chi connectivity index (χ3n) is 2.76. The van der Waals surface area contributed by atoms with E-state index in [0.717, 1.165) is 5.56 Å². The molecule has 0 bridgehead atoms. The molecule has 0 saturated carbocycles. The van der Waals surface area contributed by atoms with Crippen molar-refractivity contribution in [1.82, 2.24) is 9.97 Å². The second-order valence-electron chi connectivity index (χ2n) is 4.23. The monoisotopic (exact) mass is 315 g/mol. The van der Waals surface area contributed by atoms with E-state index in [1.165, 1.54) is 11.3 Å². The summed E-state index contributed by atoms with van der Waals surface area (Å²) in [5.74, 6) is 0.425. The molecule has 1 amide bonds. The van der Waals surface area contributed by atoms with Crippen molar-refractivity contribution in [2.75, 3.05) is 5.32 Å². The maximum Gasteiger partial charge on any atom is 0.265 e. The van der Waals surface area contributed by atoms with E-state index in [9.17, 15) is 4.79 Å². The number of carbonyl (C=O) groups excluding carboxylic acids is 1. The standard InChI is InChI=1S/C15H10ClN3OS/c16-11-5-3-10(4-6-11)14-17-8-12(9-18-14)19-15(20)13-2-1-7-21-13/h1-9H,(H,19,20). The summed E-state index contributed by atoms with van der Waals surface area (Å²) in [6.07, 6.45) is 3.17. The van der Waals surface area contributed by atoms with Crippen LogP contribution in [0.3, 0.4) is 0 Å². The Morgan fingerprint density at radius 1 is 1.10 bits per heavy atom. The summed E-state index contributed by atoms with van der Waals surface area (Å²) in [6.45, 7) is 0. The van der Waals surface area contributed by atoms with Crippen molar-refractivity contribution >= 4 is 34.5 Å². The minimum absolute atomic E-state index is 0.159. The minimum atomic E-state index is -0.159. The molecule has 0 aliphatic heterocycles. The van der Waals surface area contributed by atoms with Crippen LogP contribution in [0.5, 0.6) is 0 Å². The molecule has 21 heavy (non-hydrogen) atoms. The normalized spacial score (nSPS) is 10.3. The maximum absolute atomic E-state index is 11.9. The maximum atomic E-state index is 11.9. The number of hydrogen-bond donors (Lipinski definition) is 1. The molecule has 0 spiro atoms. The number of anilines is 1. The fourth-order valence-corrected chi connectivity index (χ4v) is 2.49. The van der Waals surface area contributed by atoms with Crippen LogP contribution in [0.2, 0.25) is 5.02 Å². The van der Waals surface area contributed by atoms with E-state index in [0.29, 0.717) is 21.4 Å². The highest BCUT2D eigenvalue weighted by Gasteiger charge is 2.08. The Morgan fingerprint density at radius 3 is 2.43 bits per heavy atom. The van der Waals surface area contributed by atoms with E-state index < -0.39 is 0 Å². The van der Waals surface area contributed by atoms with Crippen LogP contribution < -0.4 is 5.32 Å². The summed E-state index contributed by atoms with van der Waals surface area (Å²) in [6, 6.07) is 10.9. The van der Waals surface area contributed by atoms with Crippen molar-refractivity contribution in [3.8, 4) is 11.4 Å². The summed E-state index contributed by atoms with van der Waals surface area (Å²) < 4.78 is 0. The smallest absolute Gasteiger partial charge is 0.265 e. The van der Waals surface area contributed by atoms with Gasteiger partial charge < -0.3 is 5.32 Å². The first kappa shape index (κ1) is 13.7. The van der Waals surface area contributed by atoms with Gasteiger partial charge in [-0.1, -0.05) is 17.7 Å². The quantitative estimate of drug-likeness (QED) is 0.791. The first-order valence-electron chi connectivity index (χ1n) is 6.15. The molecule has 1 N–H and O–H groups in total. The molecule has 0 atom stereocenters. The van der Waals surface area contributed by atoms with Crippen molar-refractivity contribution in [2.45, 2.75) is 0 Å². The van der Waals surface area contributed by atoms with Gasteiger partial charge in [0.1, 0.15) is 0 Å². The van der Waals surface area contributed by atoms with Gasteiger partial charge >= 0.3 is 0 Å². The van der Waals surface area contributed by atoms with Crippen LogP contribution in [0.1, 0.15) is 9.67 Å². The van der Waals surface area contributed by atoms with Crippen molar-refractivity contribution in [1.29, 1.82) is 0 Å². The first-order valence-corrected chi connectivity index (χ1v) is 7.41. The topological polar surface area (TPSA) is 54.9 Å². The van der Waals surface area contributed by atoms with Crippen LogP contribution >= 0.6 is 22.9 Å². The lowest BCUT2D eigenvalue weighted by Gasteiger charge is -2.04. The number of hydrogen-bond acceptors (Lipinski definition) is 4. The predicted molar refractivity (Wildman–Crippen MR) is 84.8 cm³/mol. The van der Waals surface area contributed by atoms with Crippen LogP contribution in [0, 0.1) is 0 Å². The van der Waals surface area contributed by atoms with E-state index >= 15 is 0 Å². The van der Waals surface area contributed by atoms with Crippen LogP contribution in [-0.4, -0.2) is 15.9 Å². The second-order valence-corrected chi connectivity index (χ2v) is 5.62. The molecule has 2 aromatic heterocycles. The highest BCUT2D eigenvalue weighted by Crippen LogP contribution is 2.19. The van der Waals surface area contributed by atoms with Gasteiger partial charge in [-0.2, -0.15) is 0 Å². The van der Waals surface area contributed by atoms with Crippen LogP contribution in [0.4, 0.5) is 5.69 Å². The minimum Gasteiger partial charge on any atom is -0.319 e. The molecule has 0 aliphatic rings. The molecular formula is C15H10ClN3OS. The van der Waals surface area contributed by atoms with Gasteiger partial charge in [-0.25, -0.2) is 9.97 Å². The number of aromatic nitrogens is 2. The number of amides is 1. The van der Waals surface area contributed by atoms with Crippen LogP contribution in [0.25, 0.3) is 11.4 Å². The average molecular weight is 316 g/mol. The highest BCUT2D eigenvalue weighted by atomic mass is 35.5. The van der Waals surface area contributed by atoms with E-state index in [4.69, 9.17) is 11.6 Å². The lowest BCUT2D eigenvalue weighted by molar-refractivity contribution is 0.103. The van der Waals surface area contributed by atoms with Crippen molar-refractivity contribution in [3.63, 3.8) is 0 Å². The number of nitrogens with one attached hydrogen (secondary N) is 1. The third-order valence-corrected chi connectivity index (χ3v) is 3.88. The molecule has 0 saturated heterocycles. The number of nitrogens with zero attached hydrogens (tertiary/aromatic N) is 2. The SMILES string of the molecule is O=C(Nc1cnc(-c2ccc(Cl)cc2)nc1)c1cccs1. The number of thiophene rings is 1. The van der Waals surface area contributed by atoms with Gasteiger partial charge in [0.2, 0.25) is 0 Å². The molecule has 2 heterocycles. The number of carbonyl (C=O) groups is 1. The Balaban J connectivity index is 1.75. The van der Waals surface area contributed by atoms with Gasteiger partial charge in [-0.3, -0.25) is 4.79 Å². The zero-order valence-corrected chi connectivity index (χ0v) is 12.4. The Bertz CT molecular complexity index is 740. The summed E-state index contributed by atoms with van der Waals surface area (Å²) in [5.41, 5.74) is 1.43. The third kappa shape index (κ3) is 3.26. The predicted octanol–water partition coefficient (Wildman–Crippen LogP) is 4.11. The van der Waals surface area contributed by atoms with E-state index in [2.05, 4.69) is 15.3 Å². The molecule has 0 fully saturated rings. The fourth-order valence-electron chi connectivity index (χ4n) is 1.74. The fraction of sp³-hybridized carbons (Fsp3) is 0. The Hall–Kier alpha value is -2.24. The number of rotatable bonds is 3. The zero-order valence-electron chi connectivity index (χ0n) is 10.8. The van der Waals surface area contributed by atoms with Crippen LogP contribution in [-0.2, 0) is 0 Å². The van der Waals surface area contributed by atoms with Gasteiger partial charge in [-0.15, -0.1) is 11.3 Å². The van der Waals surface area contributed by atoms with E-state index in [1.54, 1.807) is 30.6 Å².